The molecule has 3 aromatic rings. The molecule has 0 aliphatic rings. The number of thiocarbonyl (C=S) groups is 1. The monoisotopic (exact) mass is 475 g/mol. The van der Waals surface area contributed by atoms with Gasteiger partial charge in [-0.2, -0.15) is 0 Å². The third-order valence-corrected chi connectivity index (χ3v) is 5.33. The molecule has 3 rings (SSSR count). The number of nitrogens with one attached hydrogen (secondary N) is 3. The Morgan fingerprint density at radius 2 is 1.62 bits per heavy atom. The van der Waals surface area contributed by atoms with E-state index in [0.717, 1.165) is 12.0 Å². The first-order valence-corrected chi connectivity index (χ1v) is 11.7. The molecule has 34 heavy (non-hydrogen) atoms. The molecule has 0 saturated carbocycles. The van der Waals surface area contributed by atoms with Crippen molar-refractivity contribution in [1.82, 2.24) is 5.32 Å². The SMILES string of the molecule is CCC(C)Oc1cccc(C(=O)NC(=S)Nc2cccc(NC(=O)CCc3ccccc3)c2)c1. The van der Waals surface area contributed by atoms with Crippen LogP contribution >= 0.6 is 12.2 Å². The maximum atomic E-state index is 12.6. The van der Waals surface area contributed by atoms with E-state index in [-0.39, 0.29) is 23.0 Å². The van der Waals surface area contributed by atoms with Crippen LogP contribution in [0.2, 0.25) is 0 Å². The predicted molar refractivity (Wildman–Crippen MR) is 140 cm³/mol. The van der Waals surface area contributed by atoms with Crippen LogP contribution in [0.1, 0.15) is 42.6 Å². The second kappa shape index (κ2) is 12.5. The van der Waals surface area contributed by atoms with Gasteiger partial charge in [0.25, 0.3) is 5.91 Å². The van der Waals surface area contributed by atoms with Gasteiger partial charge in [-0.1, -0.05) is 49.4 Å². The van der Waals surface area contributed by atoms with E-state index in [1.165, 1.54) is 0 Å². The number of rotatable bonds is 9. The fourth-order valence-corrected chi connectivity index (χ4v) is 3.38. The Balaban J connectivity index is 1.52. The quantitative estimate of drug-likeness (QED) is 0.353. The molecule has 1 unspecified atom stereocenters. The van der Waals surface area contributed by atoms with Crippen LogP contribution < -0.4 is 20.7 Å². The highest BCUT2D eigenvalue weighted by Gasteiger charge is 2.11. The number of aryl methyl sites for hydroxylation is 1. The summed E-state index contributed by atoms with van der Waals surface area (Å²) in [7, 11) is 0. The van der Waals surface area contributed by atoms with Crippen molar-refractivity contribution in [3.8, 4) is 5.75 Å². The van der Waals surface area contributed by atoms with Gasteiger partial charge in [0, 0.05) is 23.4 Å². The average Bonchev–Trinajstić information content (AvgIpc) is 2.83. The predicted octanol–water partition coefficient (Wildman–Crippen LogP) is 5.56. The van der Waals surface area contributed by atoms with Crippen LogP contribution in [0.4, 0.5) is 11.4 Å². The minimum Gasteiger partial charge on any atom is -0.491 e. The van der Waals surface area contributed by atoms with Crippen LogP contribution in [0.25, 0.3) is 0 Å². The molecule has 0 aliphatic carbocycles. The van der Waals surface area contributed by atoms with Crippen molar-refractivity contribution in [2.75, 3.05) is 10.6 Å². The summed E-state index contributed by atoms with van der Waals surface area (Å²) >= 11 is 5.30. The van der Waals surface area contributed by atoms with E-state index < -0.39 is 0 Å². The van der Waals surface area contributed by atoms with Gasteiger partial charge >= 0.3 is 0 Å². The molecule has 2 amide bonds. The normalized spacial score (nSPS) is 11.2. The lowest BCUT2D eigenvalue weighted by Gasteiger charge is -2.14. The second-order valence-corrected chi connectivity index (χ2v) is 8.30. The molecule has 176 valence electrons. The van der Waals surface area contributed by atoms with E-state index in [1.54, 1.807) is 42.5 Å². The first-order valence-electron chi connectivity index (χ1n) is 11.3. The van der Waals surface area contributed by atoms with Gasteiger partial charge in [0.1, 0.15) is 5.75 Å². The molecule has 0 aliphatic heterocycles. The fraction of sp³-hybridized carbons (Fsp3) is 0.222. The molecule has 6 nitrogen and oxygen atoms in total. The Morgan fingerprint density at radius 3 is 2.35 bits per heavy atom. The zero-order valence-corrected chi connectivity index (χ0v) is 20.2. The van der Waals surface area contributed by atoms with E-state index in [4.69, 9.17) is 17.0 Å². The zero-order valence-electron chi connectivity index (χ0n) is 19.3. The van der Waals surface area contributed by atoms with Crippen LogP contribution in [0.5, 0.6) is 5.75 Å². The van der Waals surface area contributed by atoms with Gasteiger partial charge < -0.3 is 15.4 Å². The number of benzene rings is 3. The van der Waals surface area contributed by atoms with Gasteiger partial charge in [0.15, 0.2) is 5.11 Å². The van der Waals surface area contributed by atoms with Crippen LogP contribution in [-0.4, -0.2) is 23.0 Å². The van der Waals surface area contributed by atoms with Crippen molar-refractivity contribution >= 4 is 40.5 Å². The molecule has 1 atom stereocenters. The lowest BCUT2D eigenvalue weighted by atomic mass is 10.1. The van der Waals surface area contributed by atoms with Gasteiger partial charge in [-0.3, -0.25) is 14.9 Å². The summed E-state index contributed by atoms with van der Waals surface area (Å²) in [5, 5.41) is 8.72. The molecule has 3 aromatic carbocycles. The van der Waals surface area contributed by atoms with Crippen molar-refractivity contribution < 1.29 is 14.3 Å². The molecular weight excluding hydrogens is 446 g/mol. The molecule has 0 aromatic heterocycles. The summed E-state index contributed by atoms with van der Waals surface area (Å²) in [6.07, 6.45) is 1.99. The van der Waals surface area contributed by atoms with Crippen LogP contribution in [0.3, 0.4) is 0 Å². The summed E-state index contributed by atoms with van der Waals surface area (Å²) in [4.78, 5) is 24.9. The number of hydrogen-bond acceptors (Lipinski definition) is 4. The summed E-state index contributed by atoms with van der Waals surface area (Å²) in [5.74, 6) is 0.227. The zero-order chi connectivity index (χ0) is 24.3. The Hall–Kier alpha value is -3.71. The number of carbonyl (C=O) groups is 2. The highest BCUT2D eigenvalue weighted by atomic mass is 32.1. The maximum absolute atomic E-state index is 12.6. The lowest BCUT2D eigenvalue weighted by Crippen LogP contribution is -2.34. The summed E-state index contributed by atoms with van der Waals surface area (Å²) in [5.41, 5.74) is 2.86. The van der Waals surface area contributed by atoms with E-state index in [2.05, 4.69) is 16.0 Å². The summed E-state index contributed by atoms with van der Waals surface area (Å²) in [6, 6.07) is 24.0. The van der Waals surface area contributed by atoms with Crippen LogP contribution in [0.15, 0.2) is 78.9 Å². The van der Waals surface area contributed by atoms with Crippen LogP contribution in [0, 0.1) is 0 Å². The highest BCUT2D eigenvalue weighted by Crippen LogP contribution is 2.17. The van der Waals surface area contributed by atoms with Crippen molar-refractivity contribution in [1.29, 1.82) is 0 Å². The van der Waals surface area contributed by atoms with Gasteiger partial charge in [-0.15, -0.1) is 0 Å². The first-order chi connectivity index (χ1) is 16.4. The van der Waals surface area contributed by atoms with Gasteiger partial charge in [-0.05, 0) is 73.9 Å². The van der Waals surface area contributed by atoms with E-state index in [9.17, 15) is 9.59 Å². The third kappa shape index (κ3) is 8.01. The van der Waals surface area contributed by atoms with Crippen molar-refractivity contribution in [3.63, 3.8) is 0 Å². The molecule has 0 spiro atoms. The lowest BCUT2D eigenvalue weighted by molar-refractivity contribution is -0.116. The van der Waals surface area contributed by atoms with Gasteiger partial charge in [0.05, 0.1) is 6.10 Å². The van der Waals surface area contributed by atoms with Gasteiger partial charge in [0.2, 0.25) is 5.91 Å². The van der Waals surface area contributed by atoms with E-state index in [0.29, 0.717) is 35.5 Å². The Kier molecular flexibility index (Phi) is 9.17. The minimum absolute atomic E-state index is 0.0622. The van der Waals surface area contributed by atoms with E-state index >= 15 is 0 Å². The number of carbonyl (C=O) groups excluding carboxylic acids is 2. The molecular formula is C27H29N3O3S. The average molecular weight is 476 g/mol. The van der Waals surface area contributed by atoms with Crippen molar-refractivity contribution in [2.24, 2.45) is 0 Å². The second-order valence-electron chi connectivity index (χ2n) is 7.89. The standard InChI is InChI=1S/C27H29N3O3S/c1-3-19(2)33-24-14-7-11-21(17-24)26(32)30-27(34)29-23-13-8-12-22(18-23)28-25(31)16-15-20-9-5-4-6-10-20/h4-14,17-19H,3,15-16H2,1-2H3,(H,28,31)(H2,29,30,32,34). The number of anilines is 2. The highest BCUT2D eigenvalue weighted by molar-refractivity contribution is 7.80. The van der Waals surface area contributed by atoms with E-state index in [1.807, 2.05) is 50.2 Å². The Labute approximate surface area is 205 Å². The maximum Gasteiger partial charge on any atom is 0.257 e. The molecule has 3 N–H and O–H groups in total. The molecule has 0 bridgehead atoms. The van der Waals surface area contributed by atoms with Gasteiger partial charge in [-0.25, -0.2) is 0 Å². The minimum atomic E-state index is -0.336. The number of hydrogen-bond donors (Lipinski definition) is 3. The Bertz CT molecular complexity index is 1130. The number of amides is 2. The molecule has 0 fully saturated rings. The van der Waals surface area contributed by atoms with Crippen LogP contribution in [-0.2, 0) is 11.2 Å². The number of ether oxygens (including phenoxy) is 1. The summed E-state index contributed by atoms with van der Waals surface area (Å²) in [6.45, 7) is 4.02. The third-order valence-electron chi connectivity index (χ3n) is 5.12. The largest absolute Gasteiger partial charge is 0.491 e. The Morgan fingerprint density at radius 1 is 0.912 bits per heavy atom. The fourth-order valence-electron chi connectivity index (χ4n) is 3.16. The smallest absolute Gasteiger partial charge is 0.257 e. The molecule has 0 heterocycles. The van der Waals surface area contributed by atoms with Crippen molar-refractivity contribution in [2.45, 2.75) is 39.2 Å². The van der Waals surface area contributed by atoms with Crippen molar-refractivity contribution in [3.05, 3.63) is 90.0 Å². The summed E-state index contributed by atoms with van der Waals surface area (Å²) < 4.78 is 5.78. The topological polar surface area (TPSA) is 79.5 Å². The molecule has 0 saturated heterocycles. The first kappa shape index (κ1) is 24.9. The molecule has 7 heteroatoms. The molecule has 0 radical (unpaired) electrons.